The predicted molar refractivity (Wildman–Crippen MR) is 42.8 cm³/mol. The third-order valence-electron chi connectivity index (χ3n) is 1.51. The quantitative estimate of drug-likeness (QED) is 0.376. The molecule has 0 aromatic carbocycles. The number of amides is 6. The number of nitrogens with one attached hydrogen (secondary N) is 3. The first-order valence-electron chi connectivity index (χ1n) is 3.69. The number of imide groups is 2. The van der Waals surface area contributed by atoms with Crippen LogP contribution in [-0.4, -0.2) is 29.9 Å². The maximum atomic E-state index is 10.9. The minimum atomic E-state index is -1.00. The second kappa shape index (κ2) is 3.73. The molecule has 8 nitrogen and oxygen atoms in total. The summed E-state index contributed by atoms with van der Waals surface area (Å²) in [7, 11) is 0. The Morgan fingerprint density at radius 1 is 1.43 bits per heavy atom. The molecule has 1 rings (SSSR count). The monoisotopic (exact) mass is 200 g/mol. The number of hydrogen-bond acceptors (Lipinski definition) is 4. The summed E-state index contributed by atoms with van der Waals surface area (Å²) >= 11 is 0. The van der Waals surface area contributed by atoms with Crippen molar-refractivity contribution in [3.8, 4) is 0 Å². The summed E-state index contributed by atoms with van der Waals surface area (Å²) < 4.78 is 0. The van der Waals surface area contributed by atoms with Crippen molar-refractivity contribution in [3.63, 3.8) is 0 Å². The van der Waals surface area contributed by atoms with Crippen LogP contribution < -0.4 is 21.7 Å². The lowest BCUT2D eigenvalue weighted by molar-refractivity contribution is -0.125. The van der Waals surface area contributed by atoms with E-state index in [0.717, 1.165) is 0 Å². The fourth-order valence-electron chi connectivity index (χ4n) is 0.976. The van der Waals surface area contributed by atoms with E-state index in [2.05, 4.69) is 11.1 Å². The molecule has 0 aromatic rings. The first-order chi connectivity index (χ1) is 6.49. The first kappa shape index (κ1) is 9.96. The molecule has 0 radical (unpaired) electrons. The van der Waals surface area contributed by atoms with E-state index in [9.17, 15) is 19.2 Å². The summed E-state index contributed by atoms with van der Waals surface area (Å²) in [6.45, 7) is 0. The molecule has 1 fully saturated rings. The van der Waals surface area contributed by atoms with Gasteiger partial charge in [-0.25, -0.2) is 9.59 Å². The van der Waals surface area contributed by atoms with Gasteiger partial charge in [-0.3, -0.25) is 20.2 Å². The van der Waals surface area contributed by atoms with Gasteiger partial charge in [-0.15, -0.1) is 0 Å². The SMILES string of the molecule is NC(=O)NC(=O)C[C@@H]1NC(=O)NC1=O. The van der Waals surface area contributed by atoms with Gasteiger partial charge in [0.1, 0.15) is 6.04 Å². The molecule has 8 heteroatoms. The van der Waals surface area contributed by atoms with E-state index in [-0.39, 0.29) is 6.42 Å². The predicted octanol–water partition coefficient (Wildman–Crippen LogP) is -2.22. The van der Waals surface area contributed by atoms with E-state index in [1.807, 2.05) is 5.32 Å². The summed E-state index contributed by atoms with van der Waals surface area (Å²) in [5.74, 6) is -1.32. The Labute approximate surface area is 78.2 Å². The number of rotatable bonds is 2. The number of carbonyl (C=O) groups is 4. The molecule has 0 aliphatic carbocycles. The Bertz CT molecular complexity index is 313. The Morgan fingerprint density at radius 2 is 2.07 bits per heavy atom. The maximum absolute atomic E-state index is 10.9. The van der Waals surface area contributed by atoms with E-state index in [1.54, 1.807) is 5.32 Å². The molecule has 1 heterocycles. The largest absolute Gasteiger partial charge is 0.351 e. The molecule has 6 amide bonds. The van der Waals surface area contributed by atoms with Crippen LogP contribution in [0.1, 0.15) is 6.42 Å². The van der Waals surface area contributed by atoms with E-state index in [4.69, 9.17) is 0 Å². The van der Waals surface area contributed by atoms with Gasteiger partial charge in [0.15, 0.2) is 0 Å². The fourth-order valence-corrected chi connectivity index (χ4v) is 0.976. The molecule has 0 saturated carbocycles. The fraction of sp³-hybridized carbons (Fsp3) is 0.333. The van der Waals surface area contributed by atoms with Gasteiger partial charge in [0, 0.05) is 0 Å². The highest BCUT2D eigenvalue weighted by atomic mass is 16.2. The van der Waals surface area contributed by atoms with Crippen LogP contribution in [-0.2, 0) is 9.59 Å². The highest BCUT2D eigenvalue weighted by Crippen LogP contribution is 1.98. The van der Waals surface area contributed by atoms with Crippen LogP contribution in [0.4, 0.5) is 9.59 Å². The second-order valence-corrected chi connectivity index (χ2v) is 2.63. The molecular weight excluding hydrogens is 192 g/mol. The molecular formula is C6H8N4O4. The molecule has 0 spiro atoms. The smallest absolute Gasteiger partial charge is 0.322 e. The van der Waals surface area contributed by atoms with Gasteiger partial charge >= 0.3 is 12.1 Å². The van der Waals surface area contributed by atoms with Gasteiger partial charge < -0.3 is 11.1 Å². The lowest BCUT2D eigenvalue weighted by atomic mass is 10.2. The van der Waals surface area contributed by atoms with Crippen molar-refractivity contribution >= 4 is 23.9 Å². The average Bonchev–Trinajstić information content (AvgIpc) is 2.28. The average molecular weight is 200 g/mol. The molecule has 0 bridgehead atoms. The molecule has 1 saturated heterocycles. The molecule has 0 unspecified atom stereocenters. The lowest BCUT2D eigenvalue weighted by Gasteiger charge is -2.05. The number of urea groups is 2. The van der Waals surface area contributed by atoms with Gasteiger partial charge in [-0.1, -0.05) is 0 Å². The summed E-state index contributed by atoms with van der Waals surface area (Å²) in [4.78, 5) is 42.7. The van der Waals surface area contributed by atoms with Crippen LogP contribution in [0.2, 0.25) is 0 Å². The zero-order valence-electron chi connectivity index (χ0n) is 6.99. The van der Waals surface area contributed by atoms with Crippen LogP contribution in [0.3, 0.4) is 0 Å². The van der Waals surface area contributed by atoms with Gasteiger partial charge in [0.25, 0.3) is 5.91 Å². The second-order valence-electron chi connectivity index (χ2n) is 2.63. The van der Waals surface area contributed by atoms with Crippen molar-refractivity contribution < 1.29 is 19.2 Å². The minimum absolute atomic E-state index is 0.319. The lowest BCUT2D eigenvalue weighted by Crippen LogP contribution is -2.40. The van der Waals surface area contributed by atoms with Crippen molar-refractivity contribution in [3.05, 3.63) is 0 Å². The van der Waals surface area contributed by atoms with Crippen LogP contribution >= 0.6 is 0 Å². The Morgan fingerprint density at radius 3 is 2.50 bits per heavy atom. The van der Waals surface area contributed by atoms with Crippen LogP contribution in [0, 0.1) is 0 Å². The van der Waals surface area contributed by atoms with E-state index < -0.39 is 29.9 Å². The molecule has 0 aromatic heterocycles. The number of nitrogens with two attached hydrogens (primary N) is 1. The van der Waals surface area contributed by atoms with Gasteiger partial charge in [0.2, 0.25) is 5.91 Å². The zero-order chi connectivity index (χ0) is 10.7. The summed E-state index contributed by atoms with van der Waals surface area (Å²) in [5.41, 5.74) is 4.67. The maximum Gasteiger partial charge on any atom is 0.322 e. The van der Waals surface area contributed by atoms with E-state index in [0.29, 0.717) is 0 Å². The Kier molecular flexibility index (Phi) is 2.65. The van der Waals surface area contributed by atoms with E-state index >= 15 is 0 Å². The van der Waals surface area contributed by atoms with Crippen LogP contribution in [0.15, 0.2) is 0 Å². The third kappa shape index (κ3) is 2.44. The van der Waals surface area contributed by atoms with Crippen molar-refractivity contribution in [1.82, 2.24) is 16.0 Å². The Hall–Kier alpha value is -2.12. The summed E-state index contributed by atoms with van der Waals surface area (Å²) in [6, 6.07) is -2.60. The molecule has 5 N–H and O–H groups in total. The molecule has 76 valence electrons. The normalized spacial score (nSPS) is 19.9. The van der Waals surface area contributed by atoms with Gasteiger partial charge in [-0.05, 0) is 0 Å². The minimum Gasteiger partial charge on any atom is -0.351 e. The van der Waals surface area contributed by atoms with Crippen LogP contribution in [0.25, 0.3) is 0 Å². The topological polar surface area (TPSA) is 130 Å². The number of primary amides is 1. The molecule has 1 aliphatic rings. The highest BCUT2D eigenvalue weighted by Gasteiger charge is 2.31. The van der Waals surface area contributed by atoms with Crippen molar-refractivity contribution in [2.75, 3.05) is 0 Å². The molecule has 14 heavy (non-hydrogen) atoms. The van der Waals surface area contributed by atoms with Gasteiger partial charge in [0.05, 0.1) is 6.42 Å². The number of carbonyl (C=O) groups excluding carboxylic acids is 4. The van der Waals surface area contributed by atoms with E-state index in [1.165, 1.54) is 0 Å². The number of hydrogen-bond donors (Lipinski definition) is 4. The first-order valence-corrected chi connectivity index (χ1v) is 3.69. The summed E-state index contributed by atoms with van der Waals surface area (Å²) in [5, 5.41) is 5.91. The molecule has 1 atom stereocenters. The van der Waals surface area contributed by atoms with Crippen molar-refractivity contribution in [1.29, 1.82) is 0 Å². The zero-order valence-corrected chi connectivity index (χ0v) is 6.99. The Balaban J connectivity index is 2.45. The standard InChI is InChI=1S/C6H8N4O4/c7-5(13)9-3(11)1-2-4(12)10-6(14)8-2/h2H,1H2,(H3,7,9,11,13)(H2,8,10,12,14)/t2-/m0/s1. The molecule has 1 aliphatic heterocycles. The van der Waals surface area contributed by atoms with Crippen LogP contribution in [0.5, 0.6) is 0 Å². The van der Waals surface area contributed by atoms with Crippen molar-refractivity contribution in [2.24, 2.45) is 5.73 Å². The van der Waals surface area contributed by atoms with Gasteiger partial charge in [-0.2, -0.15) is 0 Å². The highest BCUT2D eigenvalue weighted by molar-refractivity contribution is 6.06. The summed E-state index contributed by atoms with van der Waals surface area (Å²) in [6.07, 6.45) is -0.319. The van der Waals surface area contributed by atoms with Crippen molar-refractivity contribution in [2.45, 2.75) is 12.5 Å². The third-order valence-corrected chi connectivity index (χ3v) is 1.51.